The van der Waals surface area contributed by atoms with Crippen molar-refractivity contribution in [2.75, 3.05) is 0 Å². The van der Waals surface area contributed by atoms with Crippen LogP contribution in [0.1, 0.15) is 46.1 Å². The van der Waals surface area contributed by atoms with E-state index < -0.39 is 0 Å². The smallest absolute Gasteiger partial charge is 0.191 e. The second kappa shape index (κ2) is 7.39. The van der Waals surface area contributed by atoms with Crippen molar-refractivity contribution in [2.24, 2.45) is 17.3 Å². The van der Waals surface area contributed by atoms with Crippen molar-refractivity contribution in [3.63, 3.8) is 0 Å². The van der Waals surface area contributed by atoms with Crippen LogP contribution in [-0.2, 0) is 9.53 Å². The largest absolute Gasteiger partial charge is 0.479 e. The fourth-order valence-corrected chi connectivity index (χ4v) is 3.84. The topological polar surface area (TPSA) is 26.3 Å². The molecule has 3 atom stereocenters. The van der Waals surface area contributed by atoms with Crippen LogP contribution < -0.4 is 0 Å². The minimum Gasteiger partial charge on any atom is -0.479 e. The number of rotatable bonds is 5. The Balaban J connectivity index is 1.97. The number of hydrogen-bond acceptors (Lipinski definition) is 3. The minimum absolute atomic E-state index is 0.00487. The van der Waals surface area contributed by atoms with Crippen LogP contribution >= 0.6 is 12.2 Å². The summed E-state index contributed by atoms with van der Waals surface area (Å²) in [7, 11) is 0. The van der Waals surface area contributed by atoms with Crippen LogP contribution in [0, 0.1) is 17.3 Å². The first kappa shape index (κ1) is 17.9. The summed E-state index contributed by atoms with van der Waals surface area (Å²) in [6, 6.07) is 9.65. The third kappa shape index (κ3) is 4.51. The Labute approximate surface area is 144 Å². The molecule has 23 heavy (non-hydrogen) atoms. The number of carbonyl (C=O) groups excluding carboxylic acids is 1. The molecule has 3 heteroatoms. The molecule has 2 nitrogen and oxygen atoms in total. The number of ketones is 1. The second-order valence-corrected chi connectivity index (χ2v) is 7.58. The first-order chi connectivity index (χ1) is 10.8. The molecule has 0 heterocycles. The lowest BCUT2D eigenvalue weighted by Gasteiger charge is -2.39. The highest BCUT2D eigenvalue weighted by atomic mass is 32.1. The van der Waals surface area contributed by atoms with Crippen LogP contribution in [0.15, 0.2) is 42.5 Å². The summed E-state index contributed by atoms with van der Waals surface area (Å²) in [6.07, 6.45) is 5.50. The maximum absolute atomic E-state index is 12.8. The highest BCUT2D eigenvalue weighted by Crippen LogP contribution is 2.41. The molecule has 1 aliphatic rings. The van der Waals surface area contributed by atoms with Crippen molar-refractivity contribution in [1.29, 1.82) is 0 Å². The molecule has 3 unspecified atom stereocenters. The van der Waals surface area contributed by atoms with Gasteiger partial charge in [-0.3, -0.25) is 4.79 Å². The first-order valence-electron chi connectivity index (χ1n) is 8.26. The summed E-state index contributed by atoms with van der Waals surface area (Å²) in [6.45, 7) is 8.40. The average molecular weight is 330 g/mol. The van der Waals surface area contributed by atoms with Crippen LogP contribution in [0.3, 0.4) is 0 Å². The van der Waals surface area contributed by atoms with Crippen molar-refractivity contribution in [3.05, 3.63) is 48.0 Å². The zero-order chi connectivity index (χ0) is 17.0. The molecule has 1 aliphatic carbocycles. The summed E-state index contributed by atoms with van der Waals surface area (Å²) >= 11 is 5.33. The van der Waals surface area contributed by atoms with E-state index >= 15 is 0 Å². The molecule has 0 spiro atoms. The molecule has 1 aromatic carbocycles. The summed E-state index contributed by atoms with van der Waals surface area (Å²) in [5.74, 6) is 0.596. The Hall–Kier alpha value is -1.48. The molecule has 0 saturated carbocycles. The first-order valence-corrected chi connectivity index (χ1v) is 8.67. The second-order valence-electron chi connectivity index (χ2n) is 7.21. The molecule has 1 aromatic rings. The molecule has 0 aromatic heterocycles. The normalized spacial score (nSPS) is 24.0. The van der Waals surface area contributed by atoms with E-state index in [1.165, 1.54) is 0 Å². The molecule has 124 valence electrons. The van der Waals surface area contributed by atoms with Gasteiger partial charge in [-0.05, 0) is 36.9 Å². The van der Waals surface area contributed by atoms with Crippen molar-refractivity contribution in [2.45, 2.75) is 46.6 Å². The maximum atomic E-state index is 12.8. The van der Waals surface area contributed by atoms with Gasteiger partial charge in [0.15, 0.2) is 5.05 Å². The van der Waals surface area contributed by atoms with Gasteiger partial charge in [-0.2, -0.15) is 0 Å². The van der Waals surface area contributed by atoms with Gasteiger partial charge in [0.25, 0.3) is 0 Å². The van der Waals surface area contributed by atoms with Gasteiger partial charge in [-0.1, -0.05) is 63.3 Å². The molecular weight excluding hydrogens is 304 g/mol. The van der Waals surface area contributed by atoms with E-state index in [0.29, 0.717) is 11.5 Å². The monoisotopic (exact) mass is 330 g/mol. The van der Waals surface area contributed by atoms with E-state index in [1.807, 2.05) is 37.3 Å². The summed E-state index contributed by atoms with van der Waals surface area (Å²) in [5, 5.41) is 0.460. The van der Waals surface area contributed by atoms with E-state index in [4.69, 9.17) is 17.0 Å². The Morgan fingerprint density at radius 3 is 2.61 bits per heavy atom. The van der Waals surface area contributed by atoms with Gasteiger partial charge in [0, 0.05) is 17.9 Å². The van der Waals surface area contributed by atoms with Gasteiger partial charge in [0.1, 0.15) is 11.9 Å². The number of thiocarbonyl (C=S) groups is 1. The molecule has 2 rings (SSSR count). The molecule has 0 aliphatic heterocycles. The van der Waals surface area contributed by atoms with Gasteiger partial charge >= 0.3 is 0 Å². The lowest BCUT2D eigenvalue weighted by molar-refractivity contribution is -0.129. The van der Waals surface area contributed by atoms with Crippen molar-refractivity contribution < 1.29 is 9.53 Å². The Kier molecular flexibility index (Phi) is 5.74. The summed E-state index contributed by atoms with van der Waals surface area (Å²) in [5.41, 5.74) is 0.890. The van der Waals surface area contributed by atoms with Crippen molar-refractivity contribution >= 4 is 23.1 Å². The Morgan fingerprint density at radius 2 is 2.00 bits per heavy atom. The third-order valence-electron chi connectivity index (χ3n) is 4.60. The van der Waals surface area contributed by atoms with Crippen LogP contribution in [0.5, 0.6) is 0 Å². The van der Waals surface area contributed by atoms with Gasteiger partial charge in [-0.15, -0.1) is 0 Å². The maximum Gasteiger partial charge on any atom is 0.191 e. The molecule has 0 bridgehead atoms. The summed E-state index contributed by atoms with van der Waals surface area (Å²) < 4.78 is 5.79. The van der Waals surface area contributed by atoms with Crippen LogP contribution in [0.2, 0.25) is 0 Å². The molecule has 0 N–H and O–H groups in total. The highest BCUT2D eigenvalue weighted by Gasteiger charge is 2.39. The summed E-state index contributed by atoms with van der Waals surface area (Å²) in [4.78, 5) is 12.8. The zero-order valence-electron chi connectivity index (χ0n) is 14.4. The molecule has 0 fully saturated rings. The Bertz CT molecular complexity index is 589. The molecule has 0 radical (unpaired) electrons. The Morgan fingerprint density at radius 1 is 1.35 bits per heavy atom. The van der Waals surface area contributed by atoms with Crippen molar-refractivity contribution in [1.82, 2.24) is 0 Å². The quantitative estimate of drug-likeness (QED) is 0.563. The van der Waals surface area contributed by atoms with Crippen molar-refractivity contribution in [3.8, 4) is 0 Å². The predicted octanol–water partition coefficient (Wildman–Crippen LogP) is 4.96. The fraction of sp³-hybridized carbons (Fsp3) is 0.500. The number of ether oxygens (including phenoxy) is 1. The fourth-order valence-electron chi connectivity index (χ4n) is 3.54. The number of allylic oxidation sites excluding steroid dienone is 2. The van der Waals surface area contributed by atoms with Crippen LogP contribution in [0.25, 0.3) is 0 Å². The minimum atomic E-state index is -0.205. The standard InChI is InChI=1S/C20H26O2S/c1-14-9-8-12-20(3,4)18(14)17(21)13-15(2)22-19(23)16-10-6-5-7-11-16/h5-11,14-15,18H,12-13H2,1-4H3. The zero-order valence-corrected chi connectivity index (χ0v) is 15.2. The third-order valence-corrected chi connectivity index (χ3v) is 4.94. The van der Waals surface area contributed by atoms with E-state index in [1.54, 1.807) is 0 Å². The number of carbonyl (C=O) groups is 1. The number of Topliss-reactive ketones (excluding diaryl/α,β-unsaturated/α-hetero) is 1. The molecule has 0 saturated heterocycles. The average Bonchev–Trinajstić information content (AvgIpc) is 2.46. The van der Waals surface area contributed by atoms with Crippen LogP contribution in [-0.4, -0.2) is 16.9 Å². The predicted molar refractivity (Wildman–Crippen MR) is 98.5 cm³/mol. The van der Waals surface area contributed by atoms with Gasteiger partial charge in [0.05, 0.1) is 0 Å². The van der Waals surface area contributed by atoms with Gasteiger partial charge in [0.2, 0.25) is 0 Å². The van der Waals surface area contributed by atoms with E-state index in [-0.39, 0.29) is 29.1 Å². The lowest BCUT2D eigenvalue weighted by atomic mass is 9.65. The van der Waals surface area contributed by atoms with Gasteiger partial charge in [-0.25, -0.2) is 0 Å². The van der Waals surface area contributed by atoms with Crippen LogP contribution in [0.4, 0.5) is 0 Å². The highest BCUT2D eigenvalue weighted by molar-refractivity contribution is 7.80. The van der Waals surface area contributed by atoms with Gasteiger partial charge < -0.3 is 4.74 Å². The van der Waals surface area contributed by atoms with E-state index in [9.17, 15) is 4.79 Å². The SMILES string of the molecule is CC(CC(=O)C1C(C)C=CCC1(C)C)OC(=S)c1ccccc1. The van der Waals surface area contributed by atoms with E-state index in [2.05, 4.69) is 32.9 Å². The lowest BCUT2D eigenvalue weighted by Crippen LogP contribution is -2.38. The van der Waals surface area contributed by atoms with E-state index in [0.717, 1.165) is 12.0 Å². The molecule has 0 amide bonds. The number of benzene rings is 1. The molecular formula is C20H26O2S. The number of hydrogen-bond donors (Lipinski definition) is 0.